The average molecular weight is 320 g/mol. The molecule has 5 heteroatoms. The summed E-state index contributed by atoms with van der Waals surface area (Å²) < 4.78 is 0. The minimum atomic E-state index is -0.0365. The molecule has 2 N–H and O–H groups in total. The number of hydrogen-bond donors (Lipinski definition) is 2. The van der Waals surface area contributed by atoms with Crippen molar-refractivity contribution in [2.75, 3.05) is 32.8 Å². The van der Waals surface area contributed by atoms with Crippen molar-refractivity contribution in [1.82, 2.24) is 9.80 Å². The quantitative estimate of drug-likeness (QED) is 0.869. The Balaban J connectivity index is 2.12. The van der Waals surface area contributed by atoms with E-state index in [2.05, 4.69) is 18.7 Å². The van der Waals surface area contributed by atoms with Crippen LogP contribution in [0.2, 0.25) is 0 Å². The Labute approximate surface area is 138 Å². The van der Waals surface area contributed by atoms with E-state index in [-0.39, 0.29) is 24.3 Å². The van der Waals surface area contributed by atoms with Crippen molar-refractivity contribution in [2.24, 2.45) is 5.92 Å². The molecule has 1 aliphatic heterocycles. The lowest BCUT2D eigenvalue weighted by molar-refractivity contribution is 0.0384. The van der Waals surface area contributed by atoms with Crippen LogP contribution in [-0.4, -0.2) is 64.7 Å². The van der Waals surface area contributed by atoms with E-state index in [4.69, 9.17) is 0 Å². The Morgan fingerprint density at radius 2 is 2.09 bits per heavy atom. The molecule has 0 aromatic heterocycles. The number of aliphatic hydroxyl groups is 1. The Kier molecular flexibility index (Phi) is 6.02. The highest BCUT2D eigenvalue weighted by Crippen LogP contribution is 2.23. The van der Waals surface area contributed by atoms with E-state index < -0.39 is 0 Å². The number of carbonyl (C=O) groups excluding carboxylic acids is 1. The number of rotatable bonds is 5. The van der Waals surface area contributed by atoms with Gasteiger partial charge in [-0.25, -0.2) is 0 Å². The maximum Gasteiger partial charge on any atom is 0.254 e. The Hall–Kier alpha value is -1.59. The number of phenolic OH excluding ortho intramolecular Hbond substituents is 1. The zero-order chi connectivity index (χ0) is 17.0. The van der Waals surface area contributed by atoms with Crippen molar-refractivity contribution < 1.29 is 15.0 Å². The summed E-state index contributed by atoms with van der Waals surface area (Å²) in [5.74, 6) is 0.679. The van der Waals surface area contributed by atoms with Gasteiger partial charge in [-0.15, -0.1) is 0 Å². The number of hydrogen-bond acceptors (Lipinski definition) is 4. The van der Waals surface area contributed by atoms with Crippen molar-refractivity contribution in [3.63, 3.8) is 0 Å². The first-order valence-corrected chi connectivity index (χ1v) is 8.36. The van der Waals surface area contributed by atoms with Gasteiger partial charge in [-0.2, -0.15) is 0 Å². The fourth-order valence-corrected chi connectivity index (χ4v) is 3.24. The van der Waals surface area contributed by atoms with Crippen molar-refractivity contribution in [3.05, 3.63) is 29.3 Å². The predicted molar refractivity (Wildman–Crippen MR) is 90.6 cm³/mol. The fraction of sp³-hybridized carbons (Fsp3) is 0.611. The van der Waals surface area contributed by atoms with Crippen LogP contribution in [0.1, 0.15) is 36.2 Å². The molecule has 1 amide bonds. The fourth-order valence-electron chi connectivity index (χ4n) is 3.24. The second-order valence-corrected chi connectivity index (χ2v) is 6.76. The molecule has 1 saturated heterocycles. The third kappa shape index (κ3) is 4.24. The minimum Gasteiger partial charge on any atom is -0.508 e. The maximum absolute atomic E-state index is 12.8. The van der Waals surface area contributed by atoms with Gasteiger partial charge in [0.15, 0.2) is 0 Å². The van der Waals surface area contributed by atoms with E-state index in [1.165, 1.54) is 0 Å². The van der Waals surface area contributed by atoms with Gasteiger partial charge in [0.25, 0.3) is 5.91 Å². The van der Waals surface area contributed by atoms with Crippen molar-refractivity contribution in [1.29, 1.82) is 0 Å². The summed E-state index contributed by atoms with van der Waals surface area (Å²) in [5, 5.41) is 19.1. The molecule has 1 fully saturated rings. The van der Waals surface area contributed by atoms with Gasteiger partial charge in [0.1, 0.15) is 5.75 Å². The molecule has 128 valence electrons. The van der Waals surface area contributed by atoms with Crippen LogP contribution in [0.5, 0.6) is 5.75 Å². The summed E-state index contributed by atoms with van der Waals surface area (Å²) in [6, 6.07) is 5.26. The van der Waals surface area contributed by atoms with Crippen LogP contribution < -0.4 is 0 Å². The summed E-state index contributed by atoms with van der Waals surface area (Å²) in [5.41, 5.74) is 1.19. The van der Waals surface area contributed by atoms with Gasteiger partial charge in [-0.1, -0.05) is 19.9 Å². The molecule has 0 bridgehead atoms. The zero-order valence-corrected chi connectivity index (χ0v) is 14.3. The van der Waals surface area contributed by atoms with E-state index >= 15 is 0 Å². The molecule has 1 unspecified atom stereocenters. The van der Waals surface area contributed by atoms with Gasteiger partial charge in [0.2, 0.25) is 0 Å². The molecular weight excluding hydrogens is 292 g/mol. The lowest BCUT2D eigenvalue weighted by atomic mass is 10.0. The van der Waals surface area contributed by atoms with Gasteiger partial charge in [0, 0.05) is 50.0 Å². The number of piperazine rings is 1. The summed E-state index contributed by atoms with van der Waals surface area (Å²) in [7, 11) is 0. The maximum atomic E-state index is 12.8. The van der Waals surface area contributed by atoms with E-state index in [1.807, 2.05) is 4.90 Å². The minimum absolute atomic E-state index is 0.0365. The normalized spacial score (nSPS) is 19.3. The largest absolute Gasteiger partial charge is 0.508 e. The Bertz CT molecular complexity index is 545. The van der Waals surface area contributed by atoms with Gasteiger partial charge >= 0.3 is 0 Å². The van der Waals surface area contributed by atoms with Crippen molar-refractivity contribution >= 4 is 5.91 Å². The highest BCUT2D eigenvalue weighted by molar-refractivity contribution is 5.96. The number of amides is 1. The second kappa shape index (κ2) is 7.79. The van der Waals surface area contributed by atoms with Crippen molar-refractivity contribution in [3.8, 4) is 5.75 Å². The molecule has 1 atom stereocenters. The van der Waals surface area contributed by atoms with E-state index in [1.54, 1.807) is 25.1 Å². The molecule has 2 rings (SSSR count). The number of benzene rings is 1. The Morgan fingerprint density at radius 3 is 2.74 bits per heavy atom. The first kappa shape index (κ1) is 17.8. The number of aliphatic hydroxyl groups excluding tert-OH is 1. The summed E-state index contributed by atoms with van der Waals surface area (Å²) in [6.07, 6.45) is 0.676. The molecule has 1 aromatic rings. The second-order valence-electron chi connectivity index (χ2n) is 6.76. The number of phenols is 1. The van der Waals surface area contributed by atoms with Crippen LogP contribution in [0.25, 0.3) is 0 Å². The number of carbonyl (C=O) groups is 1. The van der Waals surface area contributed by atoms with E-state index in [0.29, 0.717) is 36.6 Å². The average Bonchev–Trinajstić information content (AvgIpc) is 2.51. The van der Waals surface area contributed by atoms with Crippen LogP contribution in [-0.2, 0) is 0 Å². The summed E-state index contributed by atoms with van der Waals surface area (Å²) in [6.45, 7) is 9.39. The van der Waals surface area contributed by atoms with E-state index in [0.717, 1.165) is 13.1 Å². The molecule has 0 spiro atoms. The van der Waals surface area contributed by atoms with Crippen molar-refractivity contribution in [2.45, 2.75) is 33.2 Å². The number of aromatic hydroxyl groups is 1. The topological polar surface area (TPSA) is 64.0 Å². The summed E-state index contributed by atoms with van der Waals surface area (Å²) >= 11 is 0. The van der Waals surface area contributed by atoms with Crippen LogP contribution >= 0.6 is 0 Å². The molecule has 1 aromatic carbocycles. The summed E-state index contributed by atoms with van der Waals surface area (Å²) in [4.78, 5) is 17.0. The first-order chi connectivity index (χ1) is 10.9. The lowest BCUT2D eigenvalue weighted by Crippen LogP contribution is -2.55. The third-order valence-corrected chi connectivity index (χ3v) is 4.49. The molecular formula is C18H28N2O3. The van der Waals surface area contributed by atoms with Gasteiger partial charge in [-0.3, -0.25) is 9.69 Å². The monoisotopic (exact) mass is 320 g/mol. The van der Waals surface area contributed by atoms with E-state index in [9.17, 15) is 15.0 Å². The van der Waals surface area contributed by atoms with Crippen LogP contribution in [0.4, 0.5) is 0 Å². The van der Waals surface area contributed by atoms with Crippen LogP contribution in [0.3, 0.4) is 0 Å². The lowest BCUT2D eigenvalue weighted by Gasteiger charge is -2.42. The molecule has 1 heterocycles. The van der Waals surface area contributed by atoms with Gasteiger partial charge < -0.3 is 15.1 Å². The predicted octanol–water partition coefficient (Wildman–Crippen LogP) is 1.87. The Morgan fingerprint density at radius 1 is 1.35 bits per heavy atom. The molecule has 0 aliphatic carbocycles. The molecule has 5 nitrogen and oxygen atoms in total. The van der Waals surface area contributed by atoms with Crippen LogP contribution in [0.15, 0.2) is 18.2 Å². The smallest absolute Gasteiger partial charge is 0.254 e. The third-order valence-electron chi connectivity index (χ3n) is 4.49. The highest BCUT2D eigenvalue weighted by atomic mass is 16.3. The van der Waals surface area contributed by atoms with Gasteiger partial charge in [-0.05, 0) is 31.4 Å². The SMILES string of the molecule is Cc1c(O)cccc1C(=O)N1CCN(CC(C)C)C(CCO)C1. The number of nitrogens with zero attached hydrogens (tertiary/aromatic N) is 2. The van der Waals surface area contributed by atoms with Crippen LogP contribution in [0, 0.1) is 12.8 Å². The van der Waals surface area contributed by atoms with Gasteiger partial charge in [0.05, 0.1) is 0 Å². The molecule has 23 heavy (non-hydrogen) atoms. The molecule has 1 aliphatic rings. The highest BCUT2D eigenvalue weighted by Gasteiger charge is 2.30. The standard InChI is InChI=1S/C18H28N2O3/c1-13(2)11-19-8-9-20(12-15(19)7-10-21)18(23)16-5-4-6-17(22)14(16)3/h4-6,13,15,21-22H,7-12H2,1-3H3. The molecule has 0 saturated carbocycles. The molecule has 0 radical (unpaired) electrons. The zero-order valence-electron chi connectivity index (χ0n) is 14.3. The first-order valence-electron chi connectivity index (χ1n) is 8.36.